The number of benzene rings is 2. The molecule has 0 aliphatic carbocycles. The van der Waals surface area contributed by atoms with Gasteiger partial charge in [0.15, 0.2) is 0 Å². The third-order valence-corrected chi connectivity index (χ3v) is 4.02. The second-order valence-electron chi connectivity index (χ2n) is 4.98. The third kappa shape index (κ3) is 4.78. The van der Waals surface area contributed by atoms with E-state index in [1.807, 2.05) is 13.0 Å². The standard InChI is InChI=1S/C17H18Cl2N2O2/c1-11-13(19)4-3-5-14(11)21-17(22)8-9-20-15-10-12(18)6-7-16(15)23-2/h3-7,10,20H,8-9H2,1-2H3,(H,21,22). The molecule has 0 spiro atoms. The fraction of sp³-hybridized carbons (Fsp3) is 0.235. The first-order valence-electron chi connectivity index (χ1n) is 7.13. The van der Waals surface area contributed by atoms with Crippen LogP contribution in [0.15, 0.2) is 36.4 Å². The highest BCUT2D eigenvalue weighted by Crippen LogP contribution is 2.27. The minimum atomic E-state index is -0.0936. The Labute approximate surface area is 145 Å². The summed E-state index contributed by atoms with van der Waals surface area (Å²) < 4.78 is 5.25. The van der Waals surface area contributed by atoms with Gasteiger partial charge in [0.05, 0.1) is 12.8 Å². The summed E-state index contributed by atoms with van der Waals surface area (Å²) in [5, 5.41) is 7.24. The Kier molecular flexibility index (Phi) is 6.13. The average molecular weight is 353 g/mol. The molecule has 2 N–H and O–H groups in total. The number of halogens is 2. The number of rotatable bonds is 6. The molecule has 0 unspecified atom stereocenters. The monoisotopic (exact) mass is 352 g/mol. The molecule has 6 heteroatoms. The summed E-state index contributed by atoms with van der Waals surface area (Å²) in [4.78, 5) is 12.0. The van der Waals surface area contributed by atoms with Gasteiger partial charge in [0, 0.05) is 28.7 Å². The largest absolute Gasteiger partial charge is 0.495 e. The van der Waals surface area contributed by atoms with Crippen LogP contribution in [0.2, 0.25) is 10.0 Å². The predicted octanol–water partition coefficient (Wildman–Crippen LogP) is 4.75. The van der Waals surface area contributed by atoms with E-state index in [0.717, 1.165) is 16.9 Å². The maximum Gasteiger partial charge on any atom is 0.226 e. The van der Waals surface area contributed by atoms with Crippen LogP contribution in [0.3, 0.4) is 0 Å². The molecule has 0 heterocycles. The SMILES string of the molecule is COc1ccc(Cl)cc1NCCC(=O)Nc1cccc(Cl)c1C. The summed E-state index contributed by atoms with van der Waals surface area (Å²) >= 11 is 12.0. The molecule has 1 amide bonds. The van der Waals surface area contributed by atoms with Crippen LogP contribution >= 0.6 is 23.2 Å². The molecule has 0 radical (unpaired) electrons. The van der Waals surface area contributed by atoms with Crippen molar-refractivity contribution >= 4 is 40.5 Å². The lowest BCUT2D eigenvalue weighted by atomic mass is 10.2. The van der Waals surface area contributed by atoms with Gasteiger partial charge in [0.1, 0.15) is 5.75 Å². The molecule has 0 atom stereocenters. The number of hydrogen-bond acceptors (Lipinski definition) is 3. The first kappa shape index (κ1) is 17.4. The van der Waals surface area contributed by atoms with Crippen LogP contribution in [0.4, 0.5) is 11.4 Å². The molecule has 0 saturated carbocycles. The predicted molar refractivity (Wildman–Crippen MR) is 95.9 cm³/mol. The Balaban J connectivity index is 1.90. The summed E-state index contributed by atoms with van der Waals surface area (Å²) in [5.74, 6) is 0.587. The van der Waals surface area contributed by atoms with Crippen LogP contribution in [0, 0.1) is 6.92 Å². The van der Waals surface area contributed by atoms with Gasteiger partial charge in [0.25, 0.3) is 0 Å². The average Bonchev–Trinajstić information content (AvgIpc) is 2.52. The highest BCUT2D eigenvalue weighted by molar-refractivity contribution is 6.31. The lowest BCUT2D eigenvalue weighted by molar-refractivity contribution is -0.115. The van der Waals surface area contributed by atoms with E-state index >= 15 is 0 Å². The van der Waals surface area contributed by atoms with Gasteiger partial charge in [-0.2, -0.15) is 0 Å². The molecule has 0 saturated heterocycles. The first-order valence-corrected chi connectivity index (χ1v) is 7.89. The van der Waals surface area contributed by atoms with Crippen LogP contribution < -0.4 is 15.4 Å². The van der Waals surface area contributed by atoms with Crippen molar-refractivity contribution < 1.29 is 9.53 Å². The zero-order valence-corrected chi connectivity index (χ0v) is 14.5. The van der Waals surface area contributed by atoms with E-state index in [0.29, 0.717) is 28.8 Å². The summed E-state index contributed by atoms with van der Waals surface area (Å²) in [6.07, 6.45) is 0.307. The Morgan fingerprint density at radius 3 is 2.70 bits per heavy atom. The Bertz CT molecular complexity index is 705. The molecule has 0 aliphatic rings. The van der Waals surface area contributed by atoms with Gasteiger partial charge in [-0.25, -0.2) is 0 Å². The molecule has 2 aromatic rings. The minimum absolute atomic E-state index is 0.0936. The van der Waals surface area contributed by atoms with E-state index in [9.17, 15) is 4.79 Å². The number of carbonyl (C=O) groups excluding carboxylic acids is 1. The minimum Gasteiger partial charge on any atom is -0.495 e. The molecule has 4 nitrogen and oxygen atoms in total. The number of anilines is 2. The van der Waals surface area contributed by atoms with E-state index in [2.05, 4.69) is 10.6 Å². The van der Waals surface area contributed by atoms with Crippen molar-refractivity contribution in [2.75, 3.05) is 24.3 Å². The molecule has 0 aromatic heterocycles. The zero-order chi connectivity index (χ0) is 16.8. The summed E-state index contributed by atoms with van der Waals surface area (Å²) in [5.41, 5.74) is 2.33. The van der Waals surface area contributed by atoms with Gasteiger partial charge in [0.2, 0.25) is 5.91 Å². The third-order valence-electron chi connectivity index (χ3n) is 3.37. The van der Waals surface area contributed by atoms with Gasteiger partial charge in [-0.15, -0.1) is 0 Å². The normalized spacial score (nSPS) is 10.3. The lowest BCUT2D eigenvalue weighted by Gasteiger charge is -2.12. The summed E-state index contributed by atoms with van der Waals surface area (Å²) in [6.45, 7) is 2.33. The van der Waals surface area contributed by atoms with Crippen LogP contribution in [-0.4, -0.2) is 19.6 Å². The quantitative estimate of drug-likeness (QED) is 0.788. The molecule has 2 rings (SSSR count). The molecular weight excluding hydrogens is 335 g/mol. The molecule has 0 bridgehead atoms. The Morgan fingerprint density at radius 2 is 1.96 bits per heavy atom. The second-order valence-corrected chi connectivity index (χ2v) is 5.83. The van der Waals surface area contributed by atoms with Gasteiger partial charge < -0.3 is 15.4 Å². The highest BCUT2D eigenvalue weighted by atomic mass is 35.5. The number of ether oxygens (including phenoxy) is 1. The van der Waals surface area contributed by atoms with Gasteiger partial charge >= 0.3 is 0 Å². The van der Waals surface area contributed by atoms with E-state index in [1.165, 1.54) is 0 Å². The van der Waals surface area contributed by atoms with Crippen molar-refractivity contribution in [1.82, 2.24) is 0 Å². The van der Waals surface area contributed by atoms with Crippen molar-refractivity contribution in [3.63, 3.8) is 0 Å². The molecule has 23 heavy (non-hydrogen) atoms. The van der Waals surface area contributed by atoms with Gasteiger partial charge in [-0.3, -0.25) is 4.79 Å². The van der Waals surface area contributed by atoms with E-state index in [4.69, 9.17) is 27.9 Å². The number of amides is 1. The van der Waals surface area contributed by atoms with Crippen molar-refractivity contribution in [2.24, 2.45) is 0 Å². The topological polar surface area (TPSA) is 50.4 Å². The molecule has 2 aromatic carbocycles. The van der Waals surface area contributed by atoms with Crippen molar-refractivity contribution in [3.05, 3.63) is 52.0 Å². The van der Waals surface area contributed by atoms with Crippen molar-refractivity contribution in [1.29, 1.82) is 0 Å². The number of carbonyl (C=O) groups is 1. The Morgan fingerprint density at radius 1 is 1.17 bits per heavy atom. The maximum absolute atomic E-state index is 12.0. The summed E-state index contributed by atoms with van der Waals surface area (Å²) in [7, 11) is 1.59. The highest BCUT2D eigenvalue weighted by Gasteiger charge is 2.08. The van der Waals surface area contributed by atoms with Gasteiger partial charge in [-0.1, -0.05) is 29.3 Å². The zero-order valence-electron chi connectivity index (χ0n) is 13.0. The molecule has 0 aliphatic heterocycles. The van der Waals surface area contributed by atoms with E-state index in [1.54, 1.807) is 37.4 Å². The molecule has 122 valence electrons. The van der Waals surface area contributed by atoms with Crippen LogP contribution in [0.1, 0.15) is 12.0 Å². The van der Waals surface area contributed by atoms with E-state index < -0.39 is 0 Å². The maximum atomic E-state index is 12.0. The molecular formula is C17H18Cl2N2O2. The van der Waals surface area contributed by atoms with Gasteiger partial charge in [-0.05, 0) is 42.8 Å². The summed E-state index contributed by atoms with van der Waals surface area (Å²) in [6, 6.07) is 10.7. The molecule has 0 fully saturated rings. The lowest BCUT2D eigenvalue weighted by Crippen LogP contribution is -2.17. The number of methoxy groups -OCH3 is 1. The number of nitrogens with one attached hydrogen (secondary N) is 2. The van der Waals surface area contributed by atoms with E-state index in [-0.39, 0.29) is 5.91 Å². The van der Waals surface area contributed by atoms with Crippen molar-refractivity contribution in [3.8, 4) is 5.75 Å². The van der Waals surface area contributed by atoms with Crippen LogP contribution in [0.25, 0.3) is 0 Å². The fourth-order valence-corrected chi connectivity index (χ4v) is 2.43. The van der Waals surface area contributed by atoms with Crippen molar-refractivity contribution in [2.45, 2.75) is 13.3 Å². The first-order chi connectivity index (χ1) is 11.0. The fourth-order valence-electron chi connectivity index (χ4n) is 2.08. The Hall–Kier alpha value is -1.91. The van der Waals surface area contributed by atoms with Crippen LogP contribution in [0.5, 0.6) is 5.75 Å². The van der Waals surface area contributed by atoms with Crippen LogP contribution in [-0.2, 0) is 4.79 Å². The number of hydrogen-bond donors (Lipinski definition) is 2. The smallest absolute Gasteiger partial charge is 0.226 e. The second kappa shape index (κ2) is 8.09.